The Labute approximate surface area is 80.9 Å². The summed E-state index contributed by atoms with van der Waals surface area (Å²) in [4.78, 5) is 0. The summed E-state index contributed by atoms with van der Waals surface area (Å²) in [7, 11) is 3.50. The third kappa shape index (κ3) is 3.03. The highest BCUT2D eigenvalue weighted by Crippen LogP contribution is 2.38. The minimum absolute atomic E-state index is 0.389. The number of ether oxygens (including phenoxy) is 2. The third-order valence-electron chi connectivity index (χ3n) is 2.88. The summed E-state index contributed by atoms with van der Waals surface area (Å²) in [5.41, 5.74) is 1.83. The highest BCUT2D eigenvalue weighted by Gasteiger charge is 2.28. The Morgan fingerprint density at radius 2 is 1.92 bits per heavy atom. The van der Waals surface area contributed by atoms with Gasteiger partial charge in [0.2, 0.25) is 0 Å². The summed E-state index contributed by atoms with van der Waals surface area (Å²) >= 11 is 0. The van der Waals surface area contributed by atoms with Crippen LogP contribution in [0.4, 0.5) is 0 Å². The summed E-state index contributed by atoms with van der Waals surface area (Å²) < 4.78 is 10.2. The monoisotopic (exact) mass is 184 g/mol. The van der Waals surface area contributed by atoms with Crippen molar-refractivity contribution in [2.45, 2.75) is 32.6 Å². The summed E-state index contributed by atoms with van der Waals surface area (Å²) in [6, 6.07) is 0. The molecular formula is C11H20O2. The van der Waals surface area contributed by atoms with Gasteiger partial charge in [-0.15, -0.1) is 0 Å². The van der Waals surface area contributed by atoms with Crippen molar-refractivity contribution in [3.63, 3.8) is 0 Å². The van der Waals surface area contributed by atoms with E-state index in [1.165, 1.54) is 18.4 Å². The van der Waals surface area contributed by atoms with E-state index >= 15 is 0 Å². The lowest BCUT2D eigenvalue weighted by Crippen LogP contribution is -2.26. The molecule has 0 aliphatic heterocycles. The Bertz CT molecular complexity index is 175. The predicted molar refractivity (Wildman–Crippen MR) is 53.5 cm³/mol. The lowest BCUT2D eigenvalue weighted by molar-refractivity contribution is 0.0708. The Morgan fingerprint density at radius 3 is 2.38 bits per heavy atom. The number of hydrogen-bond donors (Lipinski definition) is 0. The van der Waals surface area contributed by atoms with E-state index in [-0.39, 0.29) is 0 Å². The van der Waals surface area contributed by atoms with E-state index in [2.05, 4.69) is 6.92 Å². The fourth-order valence-electron chi connectivity index (χ4n) is 1.95. The van der Waals surface area contributed by atoms with Crippen molar-refractivity contribution in [2.75, 3.05) is 20.8 Å². The molecule has 0 aromatic rings. The quantitative estimate of drug-likeness (QED) is 0.628. The van der Waals surface area contributed by atoms with Crippen LogP contribution in [0, 0.1) is 5.41 Å². The molecule has 1 saturated carbocycles. The molecule has 13 heavy (non-hydrogen) atoms. The van der Waals surface area contributed by atoms with Gasteiger partial charge in [0.05, 0.1) is 20.0 Å². The van der Waals surface area contributed by atoms with Crippen LogP contribution >= 0.6 is 0 Å². The normalized spacial score (nSPS) is 28.7. The van der Waals surface area contributed by atoms with E-state index < -0.39 is 0 Å². The molecule has 0 heterocycles. The van der Waals surface area contributed by atoms with Gasteiger partial charge < -0.3 is 9.47 Å². The van der Waals surface area contributed by atoms with Gasteiger partial charge >= 0.3 is 0 Å². The molecule has 0 unspecified atom stereocenters. The maximum Gasteiger partial charge on any atom is 0.0816 e. The van der Waals surface area contributed by atoms with Gasteiger partial charge in [0.15, 0.2) is 0 Å². The zero-order valence-electron chi connectivity index (χ0n) is 8.93. The molecule has 1 rings (SSSR count). The zero-order valence-corrected chi connectivity index (χ0v) is 8.93. The van der Waals surface area contributed by atoms with Gasteiger partial charge in [0.25, 0.3) is 0 Å². The van der Waals surface area contributed by atoms with E-state index in [9.17, 15) is 0 Å². The fourth-order valence-corrected chi connectivity index (χ4v) is 1.95. The maximum absolute atomic E-state index is 5.23. The highest BCUT2D eigenvalue weighted by atomic mass is 16.5. The first-order valence-electron chi connectivity index (χ1n) is 4.90. The van der Waals surface area contributed by atoms with Crippen molar-refractivity contribution in [2.24, 2.45) is 5.41 Å². The molecule has 0 radical (unpaired) electrons. The van der Waals surface area contributed by atoms with Crippen LogP contribution in [0.5, 0.6) is 0 Å². The van der Waals surface area contributed by atoms with Crippen molar-refractivity contribution < 1.29 is 9.47 Å². The van der Waals surface area contributed by atoms with Crippen LogP contribution in [-0.4, -0.2) is 20.8 Å². The topological polar surface area (TPSA) is 18.5 Å². The van der Waals surface area contributed by atoms with Crippen LogP contribution in [-0.2, 0) is 9.47 Å². The van der Waals surface area contributed by atoms with Gasteiger partial charge in [-0.2, -0.15) is 0 Å². The molecule has 76 valence electrons. The number of allylic oxidation sites excluding steroid dienone is 1. The van der Waals surface area contributed by atoms with E-state index in [0.717, 1.165) is 19.4 Å². The highest BCUT2D eigenvalue weighted by molar-refractivity contribution is 5.04. The van der Waals surface area contributed by atoms with Crippen LogP contribution in [0.3, 0.4) is 0 Å². The summed E-state index contributed by atoms with van der Waals surface area (Å²) in [5, 5.41) is 0. The summed E-state index contributed by atoms with van der Waals surface area (Å²) in [5.74, 6) is 0. The number of methoxy groups -OCH3 is 2. The Morgan fingerprint density at radius 1 is 1.31 bits per heavy atom. The lowest BCUT2D eigenvalue weighted by Gasteiger charge is -2.33. The van der Waals surface area contributed by atoms with Gasteiger partial charge in [0, 0.05) is 7.11 Å². The lowest BCUT2D eigenvalue weighted by atomic mass is 9.75. The molecule has 1 aliphatic rings. The first-order valence-corrected chi connectivity index (χ1v) is 4.90. The molecule has 2 heteroatoms. The van der Waals surface area contributed by atoms with Crippen molar-refractivity contribution in [3.8, 4) is 0 Å². The average molecular weight is 184 g/mol. The molecule has 0 amide bonds. The smallest absolute Gasteiger partial charge is 0.0816 e. The standard InChI is InChI=1S/C11H20O2/c1-11(9-13-3)6-4-10(5-7-11)8-12-2/h8H,4-7,9H2,1-3H3. The second kappa shape index (κ2) is 4.66. The van der Waals surface area contributed by atoms with Crippen LogP contribution in [0.2, 0.25) is 0 Å². The van der Waals surface area contributed by atoms with Gasteiger partial charge in [-0.3, -0.25) is 0 Å². The Balaban J connectivity index is 2.41. The second-order valence-electron chi connectivity index (χ2n) is 4.26. The van der Waals surface area contributed by atoms with E-state index in [1.54, 1.807) is 14.2 Å². The zero-order chi connectivity index (χ0) is 9.73. The Hall–Kier alpha value is -0.500. The molecule has 0 aromatic carbocycles. The second-order valence-corrected chi connectivity index (χ2v) is 4.26. The molecule has 0 aromatic heterocycles. The Kier molecular flexibility index (Phi) is 3.79. The van der Waals surface area contributed by atoms with Crippen LogP contribution in [0.1, 0.15) is 32.6 Å². The van der Waals surface area contributed by atoms with E-state index in [0.29, 0.717) is 5.41 Å². The first-order chi connectivity index (χ1) is 6.20. The summed E-state index contributed by atoms with van der Waals surface area (Å²) in [6.07, 6.45) is 6.65. The van der Waals surface area contributed by atoms with Crippen molar-refractivity contribution in [1.29, 1.82) is 0 Å². The molecule has 0 atom stereocenters. The van der Waals surface area contributed by atoms with E-state index in [4.69, 9.17) is 9.47 Å². The average Bonchev–Trinajstić information content (AvgIpc) is 2.10. The van der Waals surface area contributed by atoms with Gasteiger partial charge in [-0.05, 0) is 36.7 Å². The van der Waals surface area contributed by atoms with Crippen LogP contribution < -0.4 is 0 Å². The minimum Gasteiger partial charge on any atom is -0.504 e. The summed E-state index contributed by atoms with van der Waals surface area (Å²) in [6.45, 7) is 3.19. The minimum atomic E-state index is 0.389. The largest absolute Gasteiger partial charge is 0.504 e. The van der Waals surface area contributed by atoms with Crippen molar-refractivity contribution >= 4 is 0 Å². The molecule has 1 fully saturated rings. The third-order valence-corrected chi connectivity index (χ3v) is 2.88. The number of rotatable bonds is 3. The molecule has 0 bridgehead atoms. The van der Waals surface area contributed by atoms with Crippen LogP contribution in [0.15, 0.2) is 11.8 Å². The van der Waals surface area contributed by atoms with Crippen molar-refractivity contribution in [1.82, 2.24) is 0 Å². The predicted octanol–water partition coefficient (Wildman–Crippen LogP) is 2.74. The first kappa shape index (κ1) is 10.6. The molecular weight excluding hydrogens is 164 g/mol. The number of hydrogen-bond acceptors (Lipinski definition) is 2. The SMILES string of the molecule is COC=C1CCC(C)(COC)CC1. The molecule has 0 spiro atoms. The molecule has 1 aliphatic carbocycles. The van der Waals surface area contributed by atoms with Crippen LogP contribution in [0.25, 0.3) is 0 Å². The van der Waals surface area contributed by atoms with Gasteiger partial charge in [-0.1, -0.05) is 6.92 Å². The maximum atomic E-state index is 5.23. The van der Waals surface area contributed by atoms with Gasteiger partial charge in [-0.25, -0.2) is 0 Å². The molecule has 0 N–H and O–H groups in total. The fraction of sp³-hybridized carbons (Fsp3) is 0.818. The van der Waals surface area contributed by atoms with Crippen molar-refractivity contribution in [3.05, 3.63) is 11.8 Å². The molecule has 0 saturated heterocycles. The van der Waals surface area contributed by atoms with Gasteiger partial charge in [0.1, 0.15) is 0 Å². The van der Waals surface area contributed by atoms with E-state index in [1.807, 2.05) is 6.26 Å². The molecule has 2 nitrogen and oxygen atoms in total.